The minimum absolute atomic E-state index is 0.168. The Hall–Kier alpha value is -4.66. The molecule has 1 unspecified atom stereocenters. The van der Waals surface area contributed by atoms with Crippen LogP contribution in [0, 0.1) is 11.3 Å². The zero-order valence-electron chi connectivity index (χ0n) is 24.4. The molecule has 0 bridgehead atoms. The van der Waals surface area contributed by atoms with Gasteiger partial charge in [-0.15, -0.1) is 0 Å². The lowest BCUT2D eigenvalue weighted by molar-refractivity contribution is -0.139. The van der Waals surface area contributed by atoms with Gasteiger partial charge in [-0.05, 0) is 65.7 Å². The molecular weight excluding hydrogens is 646 g/mol. The summed E-state index contributed by atoms with van der Waals surface area (Å²) >= 11 is 4.79. The van der Waals surface area contributed by atoms with E-state index in [0.29, 0.717) is 47.9 Å². The minimum Gasteiger partial charge on any atom is -0.493 e. The second-order valence-electron chi connectivity index (χ2n) is 9.63. The summed E-state index contributed by atoms with van der Waals surface area (Å²) in [6.45, 7) is 3.86. The van der Waals surface area contributed by atoms with Gasteiger partial charge in [0.25, 0.3) is 5.56 Å². The molecule has 5 rings (SSSR count). The van der Waals surface area contributed by atoms with E-state index < -0.39 is 12.0 Å². The number of benzene rings is 3. The lowest BCUT2D eigenvalue weighted by Crippen LogP contribution is -2.40. The summed E-state index contributed by atoms with van der Waals surface area (Å²) in [7, 11) is 3.04. The number of hydrogen-bond acceptors (Lipinski definition) is 9. The molecule has 0 N–H and O–H groups in total. The summed E-state index contributed by atoms with van der Waals surface area (Å²) in [4.78, 5) is 32.4. The van der Waals surface area contributed by atoms with Crippen molar-refractivity contribution < 1.29 is 23.7 Å². The summed E-state index contributed by atoms with van der Waals surface area (Å²) in [5, 5.41) is 9.35. The molecular formula is C33H28BrN3O6S. The first-order valence-corrected chi connectivity index (χ1v) is 15.2. The van der Waals surface area contributed by atoms with E-state index in [9.17, 15) is 14.9 Å². The van der Waals surface area contributed by atoms with Crippen LogP contribution < -0.4 is 29.1 Å². The highest BCUT2D eigenvalue weighted by atomic mass is 79.9. The summed E-state index contributed by atoms with van der Waals surface area (Å²) in [5.41, 5.74) is 3.05. The Morgan fingerprint density at radius 3 is 2.61 bits per heavy atom. The van der Waals surface area contributed by atoms with Crippen LogP contribution in [0.25, 0.3) is 6.08 Å². The van der Waals surface area contributed by atoms with Crippen LogP contribution in [0.15, 0.2) is 86.2 Å². The summed E-state index contributed by atoms with van der Waals surface area (Å²) in [6.07, 6.45) is 1.77. The number of esters is 1. The lowest BCUT2D eigenvalue weighted by Gasteiger charge is -2.26. The molecule has 0 radical (unpaired) electrons. The summed E-state index contributed by atoms with van der Waals surface area (Å²) in [6, 6.07) is 19.4. The fourth-order valence-electron chi connectivity index (χ4n) is 5.00. The van der Waals surface area contributed by atoms with E-state index in [4.69, 9.17) is 18.9 Å². The second kappa shape index (κ2) is 13.3. The molecule has 4 aromatic rings. The SMILES string of the molecule is CCOC(=O)C1=C(C)N=c2sc(=Cc3ccc(OCc4ccccc4C#N)c(Br)c3)c(=O)n2C1c1cccc(OC)c1OC. The zero-order valence-corrected chi connectivity index (χ0v) is 26.8. The van der Waals surface area contributed by atoms with Gasteiger partial charge in [-0.25, -0.2) is 9.79 Å². The van der Waals surface area contributed by atoms with Crippen molar-refractivity contribution in [2.24, 2.45) is 4.99 Å². The maximum Gasteiger partial charge on any atom is 0.338 e. The summed E-state index contributed by atoms with van der Waals surface area (Å²) < 4.78 is 25.2. The normalized spacial score (nSPS) is 14.4. The first-order chi connectivity index (χ1) is 21.3. The highest BCUT2D eigenvalue weighted by Gasteiger charge is 2.35. The molecule has 0 fully saturated rings. The van der Waals surface area contributed by atoms with Crippen LogP contribution in [-0.2, 0) is 16.1 Å². The van der Waals surface area contributed by atoms with Gasteiger partial charge in [0, 0.05) is 11.1 Å². The Balaban J connectivity index is 1.57. The number of rotatable bonds is 9. The number of aromatic nitrogens is 1. The molecule has 3 aromatic carbocycles. The van der Waals surface area contributed by atoms with Crippen molar-refractivity contribution in [3.05, 3.63) is 118 Å². The number of para-hydroxylation sites is 1. The number of nitriles is 1. The highest BCUT2D eigenvalue weighted by Crippen LogP contribution is 2.40. The van der Waals surface area contributed by atoms with Gasteiger partial charge < -0.3 is 18.9 Å². The molecule has 11 heteroatoms. The van der Waals surface area contributed by atoms with E-state index in [1.165, 1.54) is 30.1 Å². The summed E-state index contributed by atoms with van der Waals surface area (Å²) in [5.74, 6) is 0.905. The second-order valence-corrected chi connectivity index (χ2v) is 11.5. The number of halogens is 1. The number of methoxy groups -OCH3 is 2. The first kappa shape index (κ1) is 30.8. The van der Waals surface area contributed by atoms with E-state index >= 15 is 0 Å². The smallest absolute Gasteiger partial charge is 0.338 e. The average molecular weight is 675 g/mol. The Bertz CT molecular complexity index is 2010. The van der Waals surface area contributed by atoms with E-state index in [0.717, 1.165) is 11.1 Å². The molecule has 2 heterocycles. The van der Waals surface area contributed by atoms with Crippen LogP contribution in [0.2, 0.25) is 0 Å². The van der Waals surface area contributed by atoms with Crippen LogP contribution >= 0.6 is 27.3 Å². The Morgan fingerprint density at radius 2 is 1.91 bits per heavy atom. The number of ether oxygens (including phenoxy) is 4. The predicted molar refractivity (Wildman–Crippen MR) is 170 cm³/mol. The third kappa shape index (κ3) is 5.91. The van der Waals surface area contributed by atoms with Crippen molar-refractivity contribution in [1.82, 2.24) is 4.57 Å². The molecule has 1 aromatic heterocycles. The van der Waals surface area contributed by atoms with Gasteiger partial charge in [-0.2, -0.15) is 5.26 Å². The number of carbonyl (C=O) groups excluding carboxylic acids is 1. The Morgan fingerprint density at radius 1 is 1.11 bits per heavy atom. The van der Waals surface area contributed by atoms with Gasteiger partial charge in [0.2, 0.25) is 0 Å². The molecule has 9 nitrogen and oxygen atoms in total. The van der Waals surface area contributed by atoms with Crippen molar-refractivity contribution in [2.75, 3.05) is 20.8 Å². The Labute approximate surface area is 266 Å². The van der Waals surface area contributed by atoms with Crippen LogP contribution in [-0.4, -0.2) is 31.4 Å². The van der Waals surface area contributed by atoms with Crippen LogP contribution in [0.5, 0.6) is 17.2 Å². The average Bonchev–Trinajstić information content (AvgIpc) is 3.33. The zero-order chi connectivity index (χ0) is 31.4. The van der Waals surface area contributed by atoms with Crippen LogP contribution in [0.4, 0.5) is 0 Å². The van der Waals surface area contributed by atoms with Gasteiger partial charge in [-0.3, -0.25) is 9.36 Å². The molecule has 44 heavy (non-hydrogen) atoms. The van der Waals surface area contributed by atoms with Crippen LogP contribution in [0.1, 0.15) is 42.1 Å². The first-order valence-electron chi connectivity index (χ1n) is 13.6. The molecule has 1 aliphatic rings. The highest BCUT2D eigenvalue weighted by molar-refractivity contribution is 9.10. The van der Waals surface area contributed by atoms with Crippen molar-refractivity contribution in [3.63, 3.8) is 0 Å². The number of thiazole rings is 1. The van der Waals surface area contributed by atoms with Gasteiger partial charge in [0.1, 0.15) is 18.4 Å². The molecule has 0 amide bonds. The van der Waals surface area contributed by atoms with Crippen molar-refractivity contribution in [3.8, 4) is 23.3 Å². The number of carbonyl (C=O) groups is 1. The van der Waals surface area contributed by atoms with Crippen LogP contribution in [0.3, 0.4) is 0 Å². The number of nitrogens with zero attached hydrogens (tertiary/aromatic N) is 3. The molecule has 0 saturated carbocycles. The number of fused-ring (bicyclic) bond motifs is 1. The van der Waals surface area contributed by atoms with E-state index in [1.807, 2.05) is 30.3 Å². The van der Waals surface area contributed by atoms with E-state index in [-0.39, 0.29) is 24.3 Å². The van der Waals surface area contributed by atoms with Gasteiger partial charge in [-0.1, -0.05) is 47.7 Å². The fraction of sp³-hybridized carbons (Fsp3) is 0.212. The maximum absolute atomic E-state index is 14.0. The number of allylic oxidation sites excluding steroid dienone is 1. The number of hydrogen-bond donors (Lipinski definition) is 0. The molecule has 0 spiro atoms. The monoisotopic (exact) mass is 673 g/mol. The third-order valence-electron chi connectivity index (χ3n) is 7.02. The van der Waals surface area contributed by atoms with Crippen molar-refractivity contribution in [2.45, 2.75) is 26.5 Å². The third-order valence-corrected chi connectivity index (χ3v) is 8.62. The lowest BCUT2D eigenvalue weighted by atomic mass is 9.94. The standard InChI is InChI=1S/C33H28BrN3O6S/c1-5-42-32(39)28-19(2)36-33-37(29(28)23-11-8-12-26(40-3)30(23)41-4)31(38)27(44-33)16-20-13-14-25(24(34)15-20)43-18-22-10-7-6-9-21(22)17-35/h6-16,29H,5,18H2,1-4H3. The molecule has 0 saturated heterocycles. The maximum atomic E-state index is 14.0. The van der Waals surface area contributed by atoms with Gasteiger partial charge in [0.05, 0.1) is 52.7 Å². The molecule has 1 aliphatic heterocycles. The quantitative estimate of drug-likeness (QED) is 0.229. The van der Waals surface area contributed by atoms with Gasteiger partial charge >= 0.3 is 5.97 Å². The van der Waals surface area contributed by atoms with Crippen molar-refractivity contribution >= 4 is 39.3 Å². The predicted octanol–water partition coefficient (Wildman–Crippen LogP) is 5.03. The topological polar surface area (TPSA) is 112 Å². The van der Waals surface area contributed by atoms with E-state index in [1.54, 1.807) is 50.3 Å². The van der Waals surface area contributed by atoms with Gasteiger partial charge in [0.15, 0.2) is 16.3 Å². The molecule has 224 valence electrons. The molecule has 0 aliphatic carbocycles. The van der Waals surface area contributed by atoms with E-state index in [2.05, 4.69) is 27.0 Å². The molecule has 1 atom stereocenters. The Kier molecular flexibility index (Phi) is 9.32. The fourth-order valence-corrected chi connectivity index (χ4v) is 6.56. The minimum atomic E-state index is -0.851. The van der Waals surface area contributed by atoms with Crippen molar-refractivity contribution in [1.29, 1.82) is 5.26 Å². The largest absolute Gasteiger partial charge is 0.493 e.